The maximum absolute atomic E-state index is 9.10. The second-order valence-electron chi connectivity index (χ2n) is 5.43. The molecule has 3 heteroatoms. The van der Waals surface area contributed by atoms with Crippen molar-refractivity contribution in [3.63, 3.8) is 0 Å². The number of nitrogens with zero attached hydrogens (tertiary/aromatic N) is 1. The van der Waals surface area contributed by atoms with Crippen molar-refractivity contribution in [1.29, 1.82) is 5.26 Å². The summed E-state index contributed by atoms with van der Waals surface area (Å²) in [4.78, 5) is 0. The number of aliphatic hydroxyl groups excluding tert-OH is 1. The van der Waals surface area contributed by atoms with Crippen LogP contribution in [-0.4, -0.2) is 24.8 Å². The Morgan fingerprint density at radius 3 is 2.60 bits per heavy atom. The van der Waals surface area contributed by atoms with Gasteiger partial charge in [-0.3, -0.25) is 0 Å². The molecule has 0 spiro atoms. The smallest absolute Gasteiger partial charge is 0.0683 e. The lowest BCUT2D eigenvalue weighted by molar-refractivity contribution is 0.207. The summed E-state index contributed by atoms with van der Waals surface area (Å²) in [6.45, 7) is 6.14. The van der Waals surface area contributed by atoms with Crippen molar-refractivity contribution in [2.45, 2.75) is 39.5 Å². The van der Waals surface area contributed by atoms with Crippen LogP contribution in [0.25, 0.3) is 0 Å². The molecule has 0 aliphatic heterocycles. The Kier molecular flexibility index (Phi) is 4.12. The van der Waals surface area contributed by atoms with E-state index in [1.54, 1.807) is 0 Å². The van der Waals surface area contributed by atoms with Gasteiger partial charge in [-0.25, -0.2) is 0 Å². The maximum atomic E-state index is 9.10. The number of nitriles is 1. The Balaban J connectivity index is 2.01. The molecule has 0 radical (unpaired) electrons. The zero-order valence-electron chi connectivity index (χ0n) is 9.84. The predicted octanol–water partition coefficient (Wildman–Crippen LogP) is 1.68. The van der Waals surface area contributed by atoms with Gasteiger partial charge in [0, 0.05) is 18.6 Å². The summed E-state index contributed by atoms with van der Waals surface area (Å²) in [6.07, 6.45) is 4.27. The largest absolute Gasteiger partial charge is 0.396 e. The monoisotopic (exact) mass is 210 g/mol. The van der Waals surface area contributed by atoms with Gasteiger partial charge in [0.1, 0.15) is 0 Å². The number of aliphatic hydroxyl groups is 1. The first-order valence-electron chi connectivity index (χ1n) is 5.76. The van der Waals surface area contributed by atoms with Crippen LogP contribution in [0, 0.1) is 22.2 Å². The van der Waals surface area contributed by atoms with Gasteiger partial charge in [-0.1, -0.05) is 0 Å². The van der Waals surface area contributed by atoms with E-state index in [-0.39, 0.29) is 10.8 Å². The fourth-order valence-corrected chi connectivity index (χ4v) is 1.63. The van der Waals surface area contributed by atoms with Crippen molar-refractivity contribution in [3.05, 3.63) is 0 Å². The summed E-state index contributed by atoms with van der Waals surface area (Å²) in [5, 5.41) is 21.3. The fourth-order valence-electron chi connectivity index (χ4n) is 1.63. The van der Waals surface area contributed by atoms with E-state index >= 15 is 0 Å². The third-order valence-electron chi connectivity index (χ3n) is 3.25. The Morgan fingerprint density at radius 1 is 1.47 bits per heavy atom. The highest BCUT2D eigenvalue weighted by atomic mass is 16.3. The van der Waals surface area contributed by atoms with Crippen LogP contribution in [0.2, 0.25) is 0 Å². The average Bonchev–Trinajstić information content (AvgIpc) is 2.98. The maximum Gasteiger partial charge on any atom is 0.0683 e. The van der Waals surface area contributed by atoms with Gasteiger partial charge >= 0.3 is 0 Å². The van der Waals surface area contributed by atoms with Crippen LogP contribution in [0.3, 0.4) is 0 Å². The van der Waals surface area contributed by atoms with Gasteiger partial charge < -0.3 is 10.4 Å². The molecule has 1 saturated carbocycles. The van der Waals surface area contributed by atoms with E-state index in [2.05, 4.69) is 11.4 Å². The fraction of sp³-hybridized carbons (Fsp3) is 0.917. The molecule has 0 aromatic carbocycles. The van der Waals surface area contributed by atoms with Crippen molar-refractivity contribution in [2.24, 2.45) is 10.8 Å². The summed E-state index contributed by atoms with van der Waals surface area (Å²) in [5.74, 6) is 0. The van der Waals surface area contributed by atoms with E-state index in [4.69, 9.17) is 10.4 Å². The molecular weight excluding hydrogens is 188 g/mol. The topological polar surface area (TPSA) is 56.0 Å². The molecule has 86 valence electrons. The van der Waals surface area contributed by atoms with Gasteiger partial charge in [-0.2, -0.15) is 5.26 Å². The highest BCUT2D eigenvalue weighted by Gasteiger charge is 2.41. The predicted molar refractivity (Wildman–Crippen MR) is 60.3 cm³/mol. The molecule has 0 atom stereocenters. The van der Waals surface area contributed by atoms with Crippen molar-refractivity contribution in [3.8, 4) is 6.07 Å². The van der Waals surface area contributed by atoms with E-state index in [1.807, 2.05) is 13.8 Å². The number of hydrogen-bond donors (Lipinski definition) is 2. The normalized spacial score (nSPS) is 18.5. The number of nitrogens with one attached hydrogen (secondary N) is 1. The molecule has 0 unspecified atom stereocenters. The van der Waals surface area contributed by atoms with Gasteiger partial charge in [0.15, 0.2) is 0 Å². The summed E-state index contributed by atoms with van der Waals surface area (Å²) >= 11 is 0. The van der Waals surface area contributed by atoms with Crippen molar-refractivity contribution in [2.75, 3.05) is 19.7 Å². The first kappa shape index (κ1) is 12.5. The molecular formula is C12H22N2O. The van der Waals surface area contributed by atoms with E-state index in [9.17, 15) is 0 Å². The SMILES string of the molecule is CC(C)(C#N)CCCNCC1(CO)CC1. The first-order chi connectivity index (χ1) is 7.04. The van der Waals surface area contributed by atoms with Crippen molar-refractivity contribution < 1.29 is 5.11 Å². The second-order valence-corrected chi connectivity index (χ2v) is 5.43. The third kappa shape index (κ3) is 4.19. The molecule has 3 nitrogen and oxygen atoms in total. The molecule has 1 aliphatic carbocycles. The standard InChI is InChI=1S/C12H22N2O/c1-11(2,8-13)4-3-7-14-9-12(10-15)5-6-12/h14-15H,3-7,9-10H2,1-2H3. The molecule has 0 heterocycles. The van der Waals surface area contributed by atoms with Gasteiger partial charge in [0.05, 0.1) is 11.5 Å². The van der Waals surface area contributed by atoms with Crippen LogP contribution in [-0.2, 0) is 0 Å². The van der Waals surface area contributed by atoms with E-state index in [0.717, 1.165) is 38.8 Å². The molecule has 2 N–H and O–H groups in total. The molecule has 0 aromatic rings. The minimum absolute atomic E-state index is 0.198. The van der Waals surface area contributed by atoms with Crippen LogP contribution in [0.4, 0.5) is 0 Å². The van der Waals surface area contributed by atoms with Crippen LogP contribution in [0.15, 0.2) is 0 Å². The lowest BCUT2D eigenvalue weighted by Crippen LogP contribution is -2.27. The van der Waals surface area contributed by atoms with Crippen molar-refractivity contribution in [1.82, 2.24) is 5.32 Å². The minimum atomic E-state index is -0.198. The molecule has 15 heavy (non-hydrogen) atoms. The van der Waals surface area contributed by atoms with Crippen LogP contribution in [0.5, 0.6) is 0 Å². The molecule has 1 fully saturated rings. The van der Waals surface area contributed by atoms with Crippen LogP contribution >= 0.6 is 0 Å². The zero-order valence-corrected chi connectivity index (χ0v) is 9.84. The van der Waals surface area contributed by atoms with Crippen LogP contribution < -0.4 is 5.32 Å². The Bertz CT molecular complexity index is 238. The average molecular weight is 210 g/mol. The number of rotatable bonds is 7. The molecule has 1 rings (SSSR count). The highest BCUT2D eigenvalue weighted by molar-refractivity contribution is 4.94. The van der Waals surface area contributed by atoms with Gasteiger partial charge in [-0.15, -0.1) is 0 Å². The minimum Gasteiger partial charge on any atom is -0.396 e. The van der Waals surface area contributed by atoms with Gasteiger partial charge in [0.25, 0.3) is 0 Å². The molecule has 0 bridgehead atoms. The van der Waals surface area contributed by atoms with E-state index in [1.165, 1.54) is 0 Å². The third-order valence-corrected chi connectivity index (χ3v) is 3.25. The first-order valence-corrected chi connectivity index (χ1v) is 5.76. The quantitative estimate of drug-likeness (QED) is 0.629. The summed E-state index contributed by atoms with van der Waals surface area (Å²) in [6, 6.07) is 2.30. The number of hydrogen-bond acceptors (Lipinski definition) is 3. The highest BCUT2D eigenvalue weighted by Crippen LogP contribution is 2.44. The Hall–Kier alpha value is -0.590. The Morgan fingerprint density at radius 2 is 2.13 bits per heavy atom. The molecule has 1 aliphatic rings. The molecule has 0 amide bonds. The lowest BCUT2D eigenvalue weighted by Gasteiger charge is -2.16. The summed E-state index contributed by atoms with van der Waals surface area (Å²) < 4.78 is 0. The van der Waals surface area contributed by atoms with Gasteiger partial charge in [0.2, 0.25) is 0 Å². The van der Waals surface area contributed by atoms with E-state index in [0.29, 0.717) is 6.61 Å². The molecule has 0 aromatic heterocycles. The summed E-state index contributed by atoms with van der Waals surface area (Å²) in [7, 11) is 0. The van der Waals surface area contributed by atoms with E-state index < -0.39 is 0 Å². The summed E-state index contributed by atoms with van der Waals surface area (Å²) in [5.41, 5.74) is 0.000667. The zero-order chi connectivity index (χ0) is 11.4. The Labute approximate surface area is 92.5 Å². The molecule has 0 saturated heterocycles. The van der Waals surface area contributed by atoms with Crippen LogP contribution in [0.1, 0.15) is 39.5 Å². The van der Waals surface area contributed by atoms with Crippen molar-refractivity contribution >= 4 is 0 Å². The second kappa shape index (κ2) is 4.96. The lowest BCUT2D eigenvalue weighted by atomic mass is 9.90. The van der Waals surface area contributed by atoms with Gasteiger partial charge in [-0.05, 0) is 46.1 Å².